The van der Waals surface area contributed by atoms with Crippen molar-refractivity contribution < 1.29 is 29.0 Å². The number of carbonyl (C=O) groups excluding carboxylic acids is 4. The van der Waals surface area contributed by atoms with Crippen molar-refractivity contribution in [3.8, 4) is 0 Å². The predicted molar refractivity (Wildman–Crippen MR) is 136 cm³/mol. The van der Waals surface area contributed by atoms with Gasteiger partial charge in [0.15, 0.2) is 0 Å². The topological polar surface area (TPSA) is 221 Å². The van der Waals surface area contributed by atoms with Crippen molar-refractivity contribution in [2.24, 2.45) is 16.8 Å². The van der Waals surface area contributed by atoms with Gasteiger partial charge in [-0.15, -0.1) is 0 Å². The lowest BCUT2D eigenvalue weighted by Gasteiger charge is -2.25. The zero-order valence-electron chi connectivity index (χ0n) is 21.1. The summed E-state index contributed by atoms with van der Waals surface area (Å²) in [5.74, 6) is -1.70. The Bertz CT molecular complexity index is 934. The van der Waals surface area contributed by atoms with Gasteiger partial charge in [0.25, 0.3) is 0 Å². The number of urea groups is 1. The summed E-state index contributed by atoms with van der Waals surface area (Å²) in [6.45, 7) is 4.01. The zero-order chi connectivity index (χ0) is 27.6. The minimum Gasteiger partial charge on any atom is -0.392 e. The van der Waals surface area contributed by atoms with Crippen LogP contribution >= 0.6 is 0 Å². The van der Waals surface area contributed by atoms with Crippen molar-refractivity contribution in [3.05, 3.63) is 40.3 Å². The summed E-state index contributed by atoms with van der Waals surface area (Å²) >= 11 is 0. The molecule has 0 aliphatic heterocycles. The van der Waals surface area contributed by atoms with Crippen LogP contribution in [0.25, 0.3) is 10.4 Å². The van der Waals surface area contributed by atoms with Crippen LogP contribution in [0.1, 0.15) is 38.7 Å². The maximum atomic E-state index is 13.1. The molecule has 0 aromatic heterocycles. The van der Waals surface area contributed by atoms with Crippen LogP contribution in [-0.2, 0) is 25.7 Å². The minimum atomic E-state index is -0.957. The number of anilines is 1. The molecule has 0 fully saturated rings. The van der Waals surface area contributed by atoms with Crippen LogP contribution in [0.15, 0.2) is 29.4 Å². The number of aliphatic hydroxyl groups is 1. The van der Waals surface area contributed by atoms with Crippen molar-refractivity contribution in [1.29, 1.82) is 0 Å². The van der Waals surface area contributed by atoms with Crippen LogP contribution in [0.5, 0.6) is 0 Å². The molecule has 14 heteroatoms. The van der Waals surface area contributed by atoms with Gasteiger partial charge in [-0.25, -0.2) is 4.79 Å². The van der Waals surface area contributed by atoms with Gasteiger partial charge < -0.3 is 36.8 Å². The molecule has 0 bridgehead atoms. The standard InChI is InChI=1S/C23H36N8O6/c1-15(2)20(30-19(33)9-12-37-13-11-27-31-25)22(35)29-18(4-3-10-26-23(24)36)21(34)28-17-7-5-16(14-32)6-8-17/h5-8,15,18,20,32H,3-4,9-14H2,1-2H3,(H,28,34)(H,29,35)(H,30,33)(H3,24,26,36). The molecule has 0 saturated heterocycles. The average Bonchev–Trinajstić information content (AvgIpc) is 2.86. The van der Waals surface area contributed by atoms with Crippen molar-refractivity contribution in [3.63, 3.8) is 0 Å². The van der Waals surface area contributed by atoms with Gasteiger partial charge in [0.1, 0.15) is 12.1 Å². The lowest BCUT2D eigenvalue weighted by atomic mass is 10.0. The highest BCUT2D eigenvalue weighted by Crippen LogP contribution is 2.12. The van der Waals surface area contributed by atoms with E-state index in [4.69, 9.17) is 16.0 Å². The molecule has 0 saturated carbocycles. The second-order valence-corrected chi connectivity index (χ2v) is 8.44. The summed E-state index contributed by atoms with van der Waals surface area (Å²) in [5, 5.41) is 23.0. The molecule has 2 atom stereocenters. The Balaban J connectivity index is 2.79. The van der Waals surface area contributed by atoms with Crippen molar-refractivity contribution in [2.45, 2.75) is 51.8 Å². The number of nitrogens with one attached hydrogen (secondary N) is 4. The minimum absolute atomic E-state index is 0.000690. The number of nitrogens with two attached hydrogens (primary N) is 1. The molecule has 0 heterocycles. The first-order valence-electron chi connectivity index (χ1n) is 11.9. The van der Waals surface area contributed by atoms with E-state index in [2.05, 4.69) is 31.3 Å². The normalized spacial score (nSPS) is 12.1. The fourth-order valence-corrected chi connectivity index (χ4v) is 3.17. The molecule has 0 spiro atoms. The van der Waals surface area contributed by atoms with Crippen molar-refractivity contribution in [1.82, 2.24) is 16.0 Å². The van der Waals surface area contributed by atoms with E-state index in [9.17, 15) is 24.3 Å². The fourth-order valence-electron chi connectivity index (χ4n) is 3.17. The number of hydrogen-bond donors (Lipinski definition) is 6. The van der Waals surface area contributed by atoms with Crippen LogP contribution in [0, 0.1) is 5.92 Å². The molecule has 1 rings (SSSR count). The number of primary amides is 1. The van der Waals surface area contributed by atoms with Gasteiger partial charge in [-0.1, -0.05) is 31.1 Å². The van der Waals surface area contributed by atoms with Crippen LogP contribution in [-0.4, -0.2) is 67.2 Å². The third-order valence-electron chi connectivity index (χ3n) is 5.14. The zero-order valence-corrected chi connectivity index (χ0v) is 21.1. The Labute approximate surface area is 215 Å². The van der Waals surface area contributed by atoms with Gasteiger partial charge in [-0.05, 0) is 42.0 Å². The summed E-state index contributed by atoms with van der Waals surface area (Å²) in [6, 6.07) is 4.01. The Kier molecular flexibility index (Phi) is 14.8. The number of hydrogen-bond acceptors (Lipinski definition) is 7. The summed E-state index contributed by atoms with van der Waals surface area (Å²) in [4.78, 5) is 51.9. The largest absolute Gasteiger partial charge is 0.392 e. The number of rotatable bonds is 17. The van der Waals surface area contributed by atoms with E-state index in [1.807, 2.05) is 0 Å². The second-order valence-electron chi connectivity index (χ2n) is 8.44. The molecule has 2 unspecified atom stereocenters. The van der Waals surface area contributed by atoms with Crippen LogP contribution < -0.4 is 27.0 Å². The van der Waals surface area contributed by atoms with Gasteiger partial charge in [0, 0.05) is 30.1 Å². The molecular formula is C23H36N8O6. The number of amides is 5. The van der Waals surface area contributed by atoms with Crippen molar-refractivity contribution in [2.75, 3.05) is 31.6 Å². The number of ether oxygens (including phenoxy) is 1. The van der Waals surface area contributed by atoms with Crippen LogP contribution in [0.3, 0.4) is 0 Å². The van der Waals surface area contributed by atoms with E-state index >= 15 is 0 Å². The fraction of sp³-hybridized carbons (Fsp3) is 0.565. The van der Waals surface area contributed by atoms with Gasteiger partial charge in [0.2, 0.25) is 17.7 Å². The molecule has 0 aliphatic rings. The SMILES string of the molecule is CC(C)C(NC(=O)CCOCCN=[N+]=[N-])C(=O)NC(CCCNC(N)=O)C(=O)Nc1ccc(CO)cc1. The lowest BCUT2D eigenvalue weighted by molar-refractivity contribution is -0.132. The van der Waals surface area contributed by atoms with E-state index < -0.39 is 35.8 Å². The molecule has 5 amide bonds. The van der Waals surface area contributed by atoms with Gasteiger partial charge in [0.05, 0.1) is 19.8 Å². The summed E-state index contributed by atoms with van der Waals surface area (Å²) < 4.78 is 5.22. The molecule has 7 N–H and O–H groups in total. The number of benzene rings is 1. The highest BCUT2D eigenvalue weighted by atomic mass is 16.5. The molecule has 0 radical (unpaired) electrons. The first-order valence-corrected chi connectivity index (χ1v) is 11.9. The molecule has 204 valence electrons. The Morgan fingerprint density at radius 1 is 1.11 bits per heavy atom. The molecule has 1 aromatic rings. The maximum Gasteiger partial charge on any atom is 0.312 e. The summed E-state index contributed by atoms with van der Waals surface area (Å²) in [6.07, 6.45) is 0.556. The van der Waals surface area contributed by atoms with E-state index in [1.54, 1.807) is 38.1 Å². The average molecular weight is 521 g/mol. The molecule has 14 nitrogen and oxygen atoms in total. The quantitative estimate of drug-likeness (QED) is 0.0757. The van der Waals surface area contributed by atoms with E-state index in [-0.39, 0.29) is 51.7 Å². The molecular weight excluding hydrogens is 484 g/mol. The third-order valence-corrected chi connectivity index (χ3v) is 5.14. The monoisotopic (exact) mass is 520 g/mol. The predicted octanol–water partition coefficient (Wildman–Crippen LogP) is 0.909. The lowest BCUT2D eigenvalue weighted by Crippen LogP contribution is -2.54. The van der Waals surface area contributed by atoms with Crippen LogP contribution in [0.4, 0.5) is 10.5 Å². The van der Waals surface area contributed by atoms with E-state index in [0.717, 1.165) is 0 Å². The number of azide groups is 1. The summed E-state index contributed by atoms with van der Waals surface area (Å²) in [7, 11) is 0. The maximum absolute atomic E-state index is 13.1. The second kappa shape index (κ2) is 17.5. The number of nitrogens with zero attached hydrogens (tertiary/aromatic N) is 3. The van der Waals surface area contributed by atoms with Gasteiger partial charge >= 0.3 is 6.03 Å². The Morgan fingerprint density at radius 3 is 2.41 bits per heavy atom. The van der Waals surface area contributed by atoms with Gasteiger partial charge in [-0.3, -0.25) is 14.4 Å². The molecule has 37 heavy (non-hydrogen) atoms. The highest BCUT2D eigenvalue weighted by molar-refractivity contribution is 5.98. The third kappa shape index (κ3) is 13.1. The summed E-state index contributed by atoms with van der Waals surface area (Å²) in [5.41, 5.74) is 14.5. The van der Waals surface area contributed by atoms with Crippen molar-refractivity contribution >= 4 is 29.4 Å². The number of carbonyl (C=O) groups is 4. The van der Waals surface area contributed by atoms with Gasteiger partial charge in [-0.2, -0.15) is 0 Å². The Hall–Kier alpha value is -3.87. The first kappa shape index (κ1) is 31.2. The van der Waals surface area contributed by atoms with E-state index in [1.165, 1.54) is 0 Å². The molecule has 1 aromatic carbocycles. The highest BCUT2D eigenvalue weighted by Gasteiger charge is 2.28. The first-order chi connectivity index (χ1) is 17.7. The Morgan fingerprint density at radius 2 is 1.81 bits per heavy atom. The van der Waals surface area contributed by atoms with E-state index in [0.29, 0.717) is 17.7 Å². The molecule has 0 aliphatic carbocycles. The number of aliphatic hydroxyl groups excluding tert-OH is 1. The van der Waals surface area contributed by atoms with Crippen LogP contribution in [0.2, 0.25) is 0 Å². The smallest absolute Gasteiger partial charge is 0.312 e.